The number of nitrogens with two attached hydrogens (primary N) is 1. The Morgan fingerprint density at radius 1 is 1.00 bits per heavy atom. The van der Waals surface area contributed by atoms with Crippen LogP contribution in [0.1, 0.15) is 46.5 Å². The molecular formula is C10H21N. The van der Waals surface area contributed by atoms with Crippen LogP contribution in [0, 0.1) is 11.3 Å². The van der Waals surface area contributed by atoms with E-state index < -0.39 is 0 Å². The van der Waals surface area contributed by atoms with Gasteiger partial charge in [-0.3, -0.25) is 0 Å². The van der Waals surface area contributed by atoms with Crippen LogP contribution in [0.15, 0.2) is 0 Å². The van der Waals surface area contributed by atoms with Gasteiger partial charge in [-0.2, -0.15) is 0 Å². The van der Waals surface area contributed by atoms with Crippen LogP contribution in [0.3, 0.4) is 0 Å². The first kappa shape index (κ1) is 9.05. The summed E-state index contributed by atoms with van der Waals surface area (Å²) in [6.45, 7) is 7.03. The first-order chi connectivity index (χ1) is 5.00. The van der Waals surface area contributed by atoms with E-state index in [0.29, 0.717) is 11.5 Å². The molecule has 0 aromatic heterocycles. The van der Waals surface area contributed by atoms with Crippen LogP contribution in [0.5, 0.6) is 0 Å². The Kier molecular flexibility index (Phi) is 2.58. The van der Waals surface area contributed by atoms with Crippen LogP contribution in [0.4, 0.5) is 0 Å². The monoisotopic (exact) mass is 155 g/mol. The molecule has 0 aromatic carbocycles. The second-order valence-corrected chi connectivity index (χ2v) is 4.98. The quantitative estimate of drug-likeness (QED) is 0.571. The second-order valence-electron chi connectivity index (χ2n) is 4.98. The summed E-state index contributed by atoms with van der Waals surface area (Å²) in [6, 6.07) is 0.494. The zero-order valence-electron chi connectivity index (χ0n) is 8.06. The molecule has 0 bridgehead atoms. The summed E-state index contributed by atoms with van der Waals surface area (Å²) in [7, 11) is 0. The fraction of sp³-hybridized carbons (Fsp3) is 1.00. The summed E-state index contributed by atoms with van der Waals surface area (Å²) >= 11 is 0. The molecular weight excluding hydrogens is 134 g/mol. The highest BCUT2D eigenvalue weighted by Crippen LogP contribution is 2.37. The number of hydrogen-bond acceptors (Lipinski definition) is 1. The third-order valence-corrected chi connectivity index (χ3v) is 3.00. The van der Waals surface area contributed by atoms with Gasteiger partial charge in [0, 0.05) is 6.04 Å². The van der Waals surface area contributed by atoms with Crippen molar-refractivity contribution in [3.05, 3.63) is 0 Å². The van der Waals surface area contributed by atoms with Crippen molar-refractivity contribution in [3.8, 4) is 0 Å². The van der Waals surface area contributed by atoms with Crippen molar-refractivity contribution in [2.75, 3.05) is 0 Å². The van der Waals surface area contributed by atoms with Crippen molar-refractivity contribution < 1.29 is 0 Å². The van der Waals surface area contributed by atoms with Crippen LogP contribution < -0.4 is 5.73 Å². The van der Waals surface area contributed by atoms with Gasteiger partial charge in [0.25, 0.3) is 0 Å². The van der Waals surface area contributed by atoms with Gasteiger partial charge in [-0.05, 0) is 37.0 Å². The Labute approximate surface area is 70.4 Å². The summed E-state index contributed by atoms with van der Waals surface area (Å²) < 4.78 is 0. The molecule has 0 atom stereocenters. The third-order valence-electron chi connectivity index (χ3n) is 3.00. The SMILES string of the molecule is CC(C)(C)[C@H]1CC[C@H](N)CC1. The van der Waals surface area contributed by atoms with Crippen molar-refractivity contribution in [1.29, 1.82) is 0 Å². The molecule has 0 heterocycles. The van der Waals surface area contributed by atoms with Gasteiger partial charge in [0.05, 0.1) is 0 Å². The second kappa shape index (κ2) is 3.14. The molecule has 0 saturated heterocycles. The molecule has 1 fully saturated rings. The predicted molar refractivity (Wildman–Crippen MR) is 49.4 cm³/mol. The topological polar surface area (TPSA) is 26.0 Å². The van der Waals surface area contributed by atoms with Gasteiger partial charge < -0.3 is 5.73 Å². The van der Waals surface area contributed by atoms with Crippen molar-refractivity contribution in [3.63, 3.8) is 0 Å². The first-order valence-corrected chi connectivity index (χ1v) is 4.76. The molecule has 0 aromatic rings. The Hall–Kier alpha value is -0.0400. The molecule has 1 aliphatic carbocycles. The minimum atomic E-state index is 0.494. The zero-order valence-corrected chi connectivity index (χ0v) is 8.06. The minimum Gasteiger partial charge on any atom is -0.328 e. The lowest BCUT2D eigenvalue weighted by atomic mass is 9.71. The highest BCUT2D eigenvalue weighted by atomic mass is 14.6. The molecule has 1 heteroatoms. The Morgan fingerprint density at radius 2 is 1.45 bits per heavy atom. The molecule has 0 unspecified atom stereocenters. The normalized spacial score (nSPS) is 33.8. The van der Waals surface area contributed by atoms with Gasteiger partial charge in [0.2, 0.25) is 0 Å². The van der Waals surface area contributed by atoms with E-state index in [1.165, 1.54) is 25.7 Å². The number of rotatable bonds is 0. The van der Waals surface area contributed by atoms with E-state index in [1.807, 2.05) is 0 Å². The van der Waals surface area contributed by atoms with Gasteiger partial charge in [-0.15, -0.1) is 0 Å². The fourth-order valence-electron chi connectivity index (χ4n) is 1.99. The van der Waals surface area contributed by atoms with Crippen molar-refractivity contribution in [1.82, 2.24) is 0 Å². The maximum atomic E-state index is 5.84. The van der Waals surface area contributed by atoms with Gasteiger partial charge >= 0.3 is 0 Å². The van der Waals surface area contributed by atoms with E-state index in [1.54, 1.807) is 0 Å². The van der Waals surface area contributed by atoms with Crippen molar-refractivity contribution in [2.24, 2.45) is 17.1 Å². The minimum absolute atomic E-state index is 0.494. The smallest absolute Gasteiger partial charge is 0.00390 e. The van der Waals surface area contributed by atoms with Crippen LogP contribution in [-0.4, -0.2) is 6.04 Å². The van der Waals surface area contributed by atoms with Gasteiger partial charge in [-0.1, -0.05) is 20.8 Å². The number of hydrogen-bond donors (Lipinski definition) is 1. The van der Waals surface area contributed by atoms with E-state index in [9.17, 15) is 0 Å². The molecule has 0 spiro atoms. The summed E-state index contributed by atoms with van der Waals surface area (Å²) in [5.41, 5.74) is 6.34. The Morgan fingerprint density at radius 3 is 1.82 bits per heavy atom. The van der Waals surface area contributed by atoms with Gasteiger partial charge in [0.1, 0.15) is 0 Å². The molecule has 2 N–H and O–H groups in total. The van der Waals surface area contributed by atoms with E-state index in [-0.39, 0.29) is 0 Å². The summed E-state index contributed by atoms with van der Waals surface area (Å²) in [4.78, 5) is 0. The third kappa shape index (κ3) is 2.48. The standard InChI is InChI=1S/C10H21N/c1-10(2,3)8-4-6-9(11)7-5-8/h8-9H,4-7,11H2,1-3H3/t8-,9-. The van der Waals surface area contributed by atoms with Crippen molar-refractivity contribution in [2.45, 2.75) is 52.5 Å². The van der Waals surface area contributed by atoms with Crippen LogP contribution >= 0.6 is 0 Å². The molecule has 11 heavy (non-hydrogen) atoms. The predicted octanol–water partition coefficient (Wildman–Crippen LogP) is 2.55. The lowest BCUT2D eigenvalue weighted by Gasteiger charge is -2.35. The Balaban J connectivity index is 2.39. The highest BCUT2D eigenvalue weighted by molar-refractivity contribution is 4.81. The van der Waals surface area contributed by atoms with E-state index in [4.69, 9.17) is 5.73 Å². The van der Waals surface area contributed by atoms with E-state index >= 15 is 0 Å². The highest BCUT2D eigenvalue weighted by Gasteiger charge is 2.28. The molecule has 66 valence electrons. The molecule has 1 saturated carbocycles. The average molecular weight is 155 g/mol. The molecule has 0 aliphatic heterocycles. The lowest BCUT2D eigenvalue weighted by Crippen LogP contribution is -2.31. The van der Waals surface area contributed by atoms with Crippen molar-refractivity contribution >= 4 is 0 Å². The zero-order chi connectivity index (χ0) is 8.48. The van der Waals surface area contributed by atoms with Crippen LogP contribution in [-0.2, 0) is 0 Å². The Bertz CT molecular complexity index is 115. The molecule has 0 radical (unpaired) electrons. The van der Waals surface area contributed by atoms with E-state index in [0.717, 1.165) is 5.92 Å². The summed E-state index contributed by atoms with van der Waals surface area (Å²) in [5.74, 6) is 0.905. The molecule has 1 aliphatic rings. The van der Waals surface area contributed by atoms with E-state index in [2.05, 4.69) is 20.8 Å². The van der Waals surface area contributed by atoms with Crippen LogP contribution in [0.2, 0.25) is 0 Å². The largest absolute Gasteiger partial charge is 0.328 e. The fourth-order valence-corrected chi connectivity index (χ4v) is 1.99. The van der Waals surface area contributed by atoms with Gasteiger partial charge in [-0.25, -0.2) is 0 Å². The van der Waals surface area contributed by atoms with Crippen LogP contribution in [0.25, 0.3) is 0 Å². The lowest BCUT2D eigenvalue weighted by molar-refractivity contribution is 0.170. The molecule has 1 rings (SSSR count). The maximum Gasteiger partial charge on any atom is 0.00390 e. The van der Waals surface area contributed by atoms with Gasteiger partial charge in [0.15, 0.2) is 0 Å². The maximum absolute atomic E-state index is 5.84. The molecule has 0 amide bonds. The molecule has 1 nitrogen and oxygen atoms in total. The summed E-state index contributed by atoms with van der Waals surface area (Å²) in [6.07, 6.45) is 5.15. The average Bonchev–Trinajstić information content (AvgIpc) is 1.86. The summed E-state index contributed by atoms with van der Waals surface area (Å²) in [5, 5.41) is 0. The first-order valence-electron chi connectivity index (χ1n) is 4.76.